The minimum absolute atomic E-state index is 0.543. The van der Waals surface area contributed by atoms with Crippen molar-refractivity contribution in [1.82, 2.24) is 19.8 Å². The van der Waals surface area contributed by atoms with Crippen LogP contribution in [0.4, 0.5) is 5.95 Å². The van der Waals surface area contributed by atoms with Crippen LogP contribution < -0.4 is 5.32 Å². The maximum Gasteiger partial charge on any atom is 0.222 e. The Morgan fingerprint density at radius 3 is 2.30 bits per heavy atom. The highest BCUT2D eigenvalue weighted by atomic mass is 15.3. The van der Waals surface area contributed by atoms with Crippen LogP contribution in [0.15, 0.2) is 18.5 Å². The second-order valence-corrected chi connectivity index (χ2v) is 6.06. The van der Waals surface area contributed by atoms with Gasteiger partial charge in [-0.05, 0) is 38.8 Å². The first kappa shape index (κ1) is 13.8. The average Bonchev–Trinajstić information content (AvgIpc) is 2.50. The van der Waals surface area contributed by atoms with Crippen LogP contribution in [0.1, 0.15) is 25.7 Å². The fraction of sp³-hybridized carbons (Fsp3) is 0.733. The number of aromatic nitrogens is 2. The Labute approximate surface area is 121 Å². The zero-order valence-corrected chi connectivity index (χ0v) is 12.3. The van der Waals surface area contributed by atoms with Crippen molar-refractivity contribution in [3.8, 4) is 0 Å². The Morgan fingerprint density at radius 1 is 1.00 bits per heavy atom. The minimum atomic E-state index is 0.543. The Bertz CT molecular complexity index is 394. The molecule has 1 aromatic heterocycles. The van der Waals surface area contributed by atoms with Gasteiger partial charge in [0.1, 0.15) is 0 Å². The molecule has 2 heterocycles. The largest absolute Gasteiger partial charge is 0.351 e. The quantitative estimate of drug-likeness (QED) is 0.904. The molecule has 1 aliphatic carbocycles. The molecule has 0 radical (unpaired) electrons. The second kappa shape index (κ2) is 6.50. The number of anilines is 1. The van der Waals surface area contributed by atoms with Crippen LogP contribution in [-0.4, -0.2) is 65.1 Å². The molecular formula is C15H25N5. The highest BCUT2D eigenvalue weighted by molar-refractivity contribution is 5.24. The normalized spacial score (nSPS) is 29.2. The predicted octanol–water partition coefficient (Wildman–Crippen LogP) is 1.45. The first-order valence-corrected chi connectivity index (χ1v) is 7.77. The molecule has 5 heteroatoms. The van der Waals surface area contributed by atoms with Crippen LogP contribution in [0.2, 0.25) is 0 Å². The molecule has 1 aromatic rings. The summed E-state index contributed by atoms with van der Waals surface area (Å²) in [5.74, 6) is 0.774. The molecule has 2 fully saturated rings. The lowest BCUT2D eigenvalue weighted by atomic mass is 9.90. The maximum atomic E-state index is 4.25. The van der Waals surface area contributed by atoms with Gasteiger partial charge in [-0.3, -0.25) is 4.90 Å². The average molecular weight is 275 g/mol. The summed E-state index contributed by atoms with van der Waals surface area (Å²) in [6.45, 7) is 4.91. The zero-order chi connectivity index (χ0) is 13.8. The minimum Gasteiger partial charge on any atom is -0.351 e. The SMILES string of the molecule is CN1CCN(C2CCC(Nc3ncccn3)CC2)CC1. The van der Waals surface area contributed by atoms with E-state index < -0.39 is 0 Å². The van der Waals surface area contributed by atoms with Gasteiger partial charge >= 0.3 is 0 Å². The molecule has 0 spiro atoms. The van der Waals surface area contributed by atoms with E-state index in [1.807, 2.05) is 6.07 Å². The van der Waals surface area contributed by atoms with Crippen molar-refractivity contribution in [2.45, 2.75) is 37.8 Å². The third kappa shape index (κ3) is 3.46. The van der Waals surface area contributed by atoms with Crippen LogP contribution in [0, 0.1) is 0 Å². The molecule has 0 amide bonds. The summed E-state index contributed by atoms with van der Waals surface area (Å²) in [4.78, 5) is 13.6. The first-order chi connectivity index (χ1) is 9.81. The van der Waals surface area contributed by atoms with Gasteiger partial charge in [-0.2, -0.15) is 0 Å². The smallest absolute Gasteiger partial charge is 0.222 e. The van der Waals surface area contributed by atoms with Crippen LogP contribution in [-0.2, 0) is 0 Å². The van der Waals surface area contributed by atoms with Crippen molar-refractivity contribution in [2.75, 3.05) is 38.5 Å². The molecule has 1 saturated heterocycles. The molecule has 3 rings (SSSR count). The van der Waals surface area contributed by atoms with Gasteiger partial charge in [-0.15, -0.1) is 0 Å². The van der Waals surface area contributed by atoms with Gasteiger partial charge in [0.25, 0.3) is 0 Å². The van der Waals surface area contributed by atoms with Gasteiger partial charge in [-0.1, -0.05) is 0 Å². The van der Waals surface area contributed by atoms with Gasteiger partial charge in [0.15, 0.2) is 0 Å². The van der Waals surface area contributed by atoms with Crippen molar-refractivity contribution < 1.29 is 0 Å². The highest BCUT2D eigenvalue weighted by Crippen LogP contribution is 2.25. The summed E-state index contributed by atoms with van der Waals surface area (Å²) in [6.07, 6.45) is 8.66. The summed E-state index contributed by atoms with van der Waals surface area (Å²) in [5, 5.41) is 3.46. The third-order valence-electron chi connectivity index (χ3n) is 4.65. The van der Waals surface area contributed by atoms with E-state index in [4.69, 9.17) is 0 Å². The van der Waals surface area contributed by atoms with E-state index in [0.29, 0.717) is 6.04 Å². The molecule has 20 heavy (non-hydrogen) atoms. The number of hydrogen-bond donors (Lipinski definition) is 1. The number of nitrogens with one attached hydrogen (secondary N) is 1. The lowest BCUT2D eigenvalue weighted by Crippen LogP contribution is -2.50. The van der Waals surface area contributed by atoms with Gasteiger partial charge in [-0.25, -0.2) is 9.97 Å². The van der Waals surface area contributed by atoms with E-state index in [2.05, 4.69) is 32.1 Å². The molecule has 1 saturated carbocycles. The van der Waals surface area contributed by atoms with E-state index in [0.717, 1.165) is 12.0 Å². The maximum absolute atomic E-state index is 4.25. The number of rotatable bonds is 3. The van der Waals surface area contributed by atoms with Crippen LogP contribution in [0.25, 0.3) is 0 Å². The monoisotopic (exact) mass is 275 g/mol. The van der Waals surface area contributed by atoms with Gasteiger partial charge in [0.05, 0.1) is 0 Å². The lowest BCUT2D eigenvalue weighted by molar-refractivity contribution is 0.0894. The topological polar surface area (TPSA) is 44.3 Å². The van der Waals surface area contributed by atoms with Crippen molar-refractivity contribution >= 4 is 5.95 Å². The number of nitrogens with zero attached hydrogens (tertiary/aromatic N) is 4. The summed E-state index contributed by atoms with van der Waals surface area (Å²) in [5.41, 5.74) is 0. The second-order valence-electron chi connectivity index (χ2n) is 6.06. The molecule has 1 aliphatic heterocycles. The van der Waals surface area contributed by atoms with E-state index >= 15 is 0 Å². The molecule has 0 bridgehead atoms. The van der Waals surface area contributed by atoms with E-state index in [9.17, 15) is 0 Å². The highest BCUT2D eigenvalue weighted by Gasteiger charge is 2.27. The summed E-state index contributed by atoms with van der Waals surface area (Å²) in [7, 11) is 2.22. The van der Waals surface area contributed by atoms with Crippen molar-refractivity contribution in [1.29, 1.82) is 0 Å². The Balaban J connectivity index is 1.45. The predicted molar refractivity (Wildman–Crippen MR) is 80.8 cm³/mol. The molecule has 5 nitrogen and oxygen atoms in total. The summed E-state index contributed by atoms with van der Waals surface area (Å²) >= 11 is 0. The molecule has 110 valence electrons. The number of likely N-dealkylation sites (N-methyl/N-ethyl adjacent to an activating group) is 1. The number of hydrogen-bond acceptors (Lipinski definition) is 5. The molecule has 0 unspecified atom stereocenters. The summed E-state index contributed by atoms with van der Waals surface area (Å²) < 4.78 is 0. The van der Waals surface area contributed by atoms with Gasteiger partial charge < -0.3 is 10.2 Å². The fourth-order valence-corrected chi connectivity index (χ4v) is 3.33. The van der Waals surface area contributed by atoms with Crippen molar-refractivity contribution in [3.05, 3.63) is 18.5 Å². The molecule has 0 aromatic carbocycles. The van der Waals surface area contributed by atoms with Crippen LogP contribution >= 0.6 is 0 Å². The molecule has 2 aliphatic rings. The van der Waals surface area contributed by atoms with Gasteiger partial charge in [0, 0.05) is 50.7 Å². The molecular weight excluding hydrogens is 250 g/mol. The van der Waals surface area contributed by atoms with E-state index in [1.165, 1.54) is 51.9 Å². The Morgan fingerprint density at radius 2 is 1.65 bits per heavy atom. The van der Waals surface area contributed by atoms with Crippen LogP contribution in [0.5, 0.6) is 0 Å². The Hall–Kier alpha value is -1.20. The molecule has 0 atom stereocenters. The first-order valence-electron chi connectivity index (χ1n) is 7.77. The van der Waals surface area contributed by atoms with Gasteiger partial charge in [0.2, 0.25) is 5.95 Å². The van der Waals surface area contributed by atoms with E-state index in [-0.39, 0.29) is 0 Å². The summed E-state index contributed by atoms with van der Waals surface area (Å²) in [6, 6.07) is 3.19. The zero-order valence-electron chi connectivity index (χ0n) is 12.3. The third-order valence-corrected chi connectivity index (χ3v) is 4.65. The number of piperazine rings is 1. The van der Waals surface area contributed by atoms with Crippen molar-refractivity contribution in [3.63, 3.8) is 0 Å². The van der Waals surface area contributed by atoms with Crippen molar-refractivity contribution in [2.24, 2.45) is 0 Å². The Kier molecular flexibility index (Phi) is 4.47. The molecule has 1 N–H and O–H groups in total. The fourth-order valence-electron chi connectivity index (χ4n) is 3.33. The standard InChI is InChI=1S/C15H25N5/c1-19-9-11-20(12-10-19)14-5-3-13(4-6-14)18-15-16-7-2-8-17-15/h2,7-8,13-14H,3-6,9-12H2,1H3,(H,16,17,18). The van der Waals surface area contributed by atoms with Crippen LogP contribution in [0.3, 0.4) is 0 Å². The lowest BCUT2D eigenvalue weighted by Gasteiger charge is -2.41. The van der Waals surface area contributed by atoms with E-state index in [1.54, 1.807) is 12.4 Å².